The fourth-order valence-corrected chi connectivity index (χ4v) is 1.04. The molecule has 4 nitrogen and oxygen atoms in total. The van der Waals surface area contributed by atoms with Crippen LogP contribution in [0.2, 0.25) is 0 Å². The van der Waals surface area contributed by atoms with Gasteiger partial charge in [0.15, 0.2) is 0 Å². The summed E-state index contributed by atoms with van der Waals surface area (Å²) in [6.45, 7) is 3.51. The maximum atomic E-state index is 11.0. The number of alkyl halides is 3. The van der Waals surface area contributed by atoms with Crippen LogP contribution in [0.25, 0.3) is 0 Å². The van der Waals surface area contributed by atoms with Gasteiger partial charge in [-0.05, 0) is 12.8 Å². The number of aliphatic hydroxyl groups excluding tert-OH is 1. The van der Waals surface area contributed by atoms with Crippen molar-refractivity contribution < 1.29 is 19.4 Å². The number of ether oxygens (including phenoxy) is 2. The summed E-state index contributed by atoms with van der Waals surface area (Å²) in [6.07, 6.45) is 3.68. The predicted molar refractivity (Wildman–Crippen MR) is 72.2 cm³/mol. The summed E-state index contributed by atoms with van der Waals surface area (Å²) in [5.41, 5.74) is 0.896. The average molecular weight is 318 g/mol. The highest BCUT2D eigenvalue weighted by Gasteiger charge is 2.22. The molecular formula is C11H15Cl3O4. The van der Waals surface area contributed by atoms with Gasteiger partial charge in [0, 0.05) is 6.61 Å². The van der Waals surface area contributed by atoms with Crippen LogP contribution in [0.5, 0.6) is 0 Å². The van der Waals surface area contributed by atoms with Gasteiger partial charge in [-0.3, -0.25) is 0 Å². The van der Waals surface area contributed by atoms with E-state index in [1.54, 1.807) is 12.2 Å². The Balaban J connectivity index is 3.62. The highest BCUT2D eigenvalue weighted by atomic mass is 35.6. The SMILES string of the molecule is C=C(C/C=C/COC(=O)OCC(Cl)(Cl)Cl)CCO. The van der Waals surface area contributed by atoms with Crippen molar-refractivity contribution in [1.82, 2.24) is 0 Å². The van der Waals surface area contributed by atoms with Gasteiger partial charge in [0.05, 0.1) is 0 Å². The fourth-order valence-electron chi connectivity index (χ4n) is 0.877. The van der Waals surface area contributed by atoms with Crippen molar-refractivity contribution in [3.05, 3.63) is 24.3 Å². The van der Waals surface area contributed by atoms with Crippen molar-refractivity contribution >= 4 is 41.0 Å². The minimum atomic E-state index is -1.64. The van der Waals surface area contributed by atoms with Crippen LogP contribution < -0.4 is 0 Å². The quantitative estimate of drug-likeness (QED) is 0.444. The zero-order valence-corrected chi connectivity index (χ0v) is 12.0. The predicted octanol–water partition coefficient (Wildman–Crippen LogP) is 3.39. The molecule has 0 aromatic rings. The van der Waals surface area contributed by atoms with E-state index in [1.165, 1.54) is 0 Å². The van der Waals surface area contributed by atoms with E-state index in [2.05, 4.69) is 16.1 Å². The molecule has 18 heavy (non-hydrogen) atoms. The first kappa shape index (κ1) is 17.6. The molecule has 0 radical (unpaired) electrons. The number of rotatable bonds is 7. The van der Waals surface area contributed by atoms with E-state index in [-0.39, 0.29) is 19.8 Å². The van der Waals surface area contributed by atoms with E-state index < -0.39 is 9.95 Å². The molecule has 1 N–H and O–H groups in total. The van der Waals surface area contributed by atoms with E-state index in [4.69, 9.17) is 39.9 Å². The largest absolute Gasteiger partial charge is 0.508 e. The summed E-state index contributed by atoms with van der Waals surface area (Å²) in [4.78, 5) is 11.0. The van der Waals surface area contributed by atoms with Crippen LogP contribution in [0.4, 0.5) is 4.79 Å². The third-order valence-electron chi connectivity index (χ3n) is 1.69. The molecule has 104 valence electrons. The highest BCUT2D eigenvalue weighted by molar-refractivity contribution is 6.67. The van der Waals surface area contributed by atoms with Gasteiger partial charge < -0.3 is 14.6 Å². The number of hydrogen-bond acceptors (Lipinski definition) is 4. The third kappa shape index (κ3) is 12.0. The smallest absolute Gasteiger partial charge is 0.430 e. The lowest BCUT2D eigenvalue weighted by atomic mass is 10.1. The molecule has 0 aliphatic rings. The van der Waals surface area contributed by atoms with Gasteiger partial charge in [-0.15, -0.1) is 0 Å². The highest BCUT2D eigenvalue weighted by Crippen LogP contribution is 2.25. The van der Waals surface area contributed by atoms with Gasteiger partial charge >= 0.3 is 6.16 Å². The Labute approximate surface area is 121 Å². The van der Waals surface area contributed by atoms with E-state index in [0.29, 0.717) is 12.8 Å². The molecule has 0 unspecified atom stereocenters. The van der Waals surface area contributed by atoms with Crippen molar-refractivity contribution in [3.8, 4) is 0 Å². The molecule has 0 saturated carbocycles. The first-order chi connectivity index (χ1) is 8.35. The minimum absolute atomic E-state index is 0.0606. The summed E-state index contributed by atoms with van der Waals surface area (Å²) in [7, 11) is 0. The molecule has 0 heterocycles. The van der Waals surface area contributed by atoms with E-state index in [9.17, 15) is 4.79 Å². The van der Waals surface area contributed by atoms with Gasteiger partial charge in [-0.25, -0.2) is 4.79 Å². The number of aliphatic hydroxyl groups is 1. The average Bonchev–Trinajstić information content (AvgIpc) is 2.25. The van der Waals surface area contributed by atoms with Crippen LogP contribution in [-0.2, 0) is 9.47 Å². The van der Waals surface area contributed by atoms with Crippen molar-refractivity contribution in [2.75, 3.05) is 19.8 Å². The van der Waals surface area contributed by atoms with Gasteiger partial charge in [-0.1, -0.05) is 59.1 Å². The minimum Gasteiger partial charge on any atom is -0.430 e. The Kier molecular flexibility index (Phi) is 9.28. The second-order valence-electron chi connectivity index (χ2n) is 3.36. The normalized spacial score (nSPS) is 11.6. The third-order valence-corrected chi connectivity index (χ3v) is 2.02. The van der Waals surface area contributed by atoms with Gasteiger partial charge in [0.2, 0.25) is 3.79 Å². The number of hydrogen-bond donors (Lipinski definition) is 1. The summed E-state index contributed by atoms with van der Waals surface area (Å²) in [5.74, 6) is 0. The summed E-state index contributed by atoms with van der Waals surface area (Å²) in [5, 5.41) is 8.63. The molecule has 0 bridgehead atoms. The van der Waals surface area contributed by atoms with Crippen LogP contribution in [0.1, 0.15) is 12.8 Å². The first-order valence-electron chi connectivity index (χ1n) is 5.14. The van der Waals surface area contributed by atoms with E-state index in [0.717, 1.165) is 5.57 Å². The maximum Gasteiger partial charge on any atom is 0.508 e. The Hall–Kier alpha value is -0.420. The zero-order valence-electron chi connectivity index (χ0n) is 9.70. The van der Waals surface area contributed by atoms with Crippen molar-refractivity contribution in [1.29, 1.82) is 0 Å². The number of allylic oxidation sites excluding steroid dienone is 1. The molecule has 0 amide bonds. The van der Waals surface area contributed by atoms with Gasteiger partial charge in [-0.2, -0.15) is 0 Å². The molecule has 0 atom stereocenters. The molecule has 0 aromatic carbocycles. The van der Waals surface area contributed by atoms with Gasteiger partial charge in [0.1, 0.15) is 13.2 Å². The molecule has 0 aromatic heterocycles. The number of carbonyl (C=O) groups excluding carboxylic acids is 1. The van der Waals surface area contributed by atoms with Gasteiger partial charge in [0.25, 0.3) is 0 Å². The summed E-state index contributed by atoms with van der Waals surface area (Å²) in [6, 6.07) is 0. The van der Waals surface area contributed by atoms with Crippen LogP contribution in [-0.4, -0.2) is 34.9 Å². The molecule has 0 spiro atoms. The topological polar surface area (TPSA) is 55.8 Å². The van der Waals surface area contributed by atoms with Crippen LogP contribution in [0, 0.1) is 0 Å². The lowest BCUT2D eigenvalue weighted by Gasteiger charge is -2.10. The summed E-state index contributed by atoms with van der Waals surface area (Å²) < 4.78 is 7.57. The summed E-state index contributed by atoms with van der Waals surface area (Å²) >= 11 is 16.1. The Bertz CT molecular complexity index is 297. The molecule has 0 rings (SSSR count). The first-order valence-corrected chi connectivity index (χ1v) is 6.27. The molecule has 0 aliphatic heterocycles. The fraction of sp³-hybridized carbons (Fsp3) is 0.545. The monoisotopic (exact) mass is 316 g/mol. The molecule has 0 saturated heterocycles. The second kappa shape index (κ2) is 9.50. The Morgan fingerprint density at radius 3 is 2.50 bits per heavy atom. The van der Waals surface area contributed by atoms with Crippen molar-refractivity contribution in [3.63, 3.8) is 0 Å². The van der Waals surface area contributed by atoms with E-state index in [1.807, 2.05) is 0 Å². The van der Waals surface area contributed by atoms with Crippen LogP contribution >= 0.6 is 34.8 Å². The van der Waals surface area contributed by atoms with Crippen molar-refractivity contribution in [2.45, 2.75) is 16.6 Å². The van der Waals surface area contributed by atoms with Crippen LogP contribution in [0.3, 0.4) is 0 Å². The lowest BCUT2D eigenvalue weighted by Crippen LogP contribution is -2.18. The molecule has 0 aliphatic carbocycles. The molecule has 7 heteroatoms. The molecular weight excluding hydrogens is 302 g/mol. The lowest BCUT2D eigenvalue weighted by molar-refractivity contribution is 0.0646. The Morgan fingerprint density at radius 1 is 1.28 bits per heavy atom. The van der Waals surface area contributed by atoms with Crippen molar-refractivity contribution in [2.24, 2.45) is 0 Å². The number of halogens is 3. The Morgan fingerprint density at radius 2 is 1.94 bits per heavy atom. The maximum absolute atomic E-state index is 11.0. The van der Waals surface area contributed by atoms with Crippen LogP contribution in [0.15, 0.2) is 24.3 Å². The number of carbonyl (C=O) groups is 1. The standard InChI is InChI=1S/C11H15Cl3O4/c1-9(5-6-15)4-2-3-7-17-10(16)18-8-11(12,13)14/h2-3,15H,1,4-8H2/b3-2+. The van der Waals surface area contributed by atoms with E-state index >= 15 is 0 Å². The molecule has 0 fully saturated rings. The zero-order chi connectivity index (χ0) is 14.0. The second-order valence-corrected chi connectivity index (χ2v) is 5.88.